The first-order valence-electron chi connectivity index (χ1n) is 12.9. The lowest BCUT2D eigenvalue weighted by atomic mass is 10.1. The van der Waals surface area contributed by atoms with E-state index in [1.54, 1.807) is 24.3 Å². The Morgan fingerprint density at radius 3 is 2.50 bits per heavy atom. The number of amides is 1. The molecule has 0 bridgehead atoms. The van der Waals surface area contributed by atoms with Crippen molar-refractivity contribution in [3.63, 3.8) is 0 Å². The van der Waals surface area contributed by atoms with E-state index in [1.807, 2.05) is 25.1 Å². The molecule has 0 aliphatic carbocycles. The number of fused-ring (bicyclic) bond motifs is 1. The Hall–Kier alpha value is -3.56. The third-order valence-corrected chi connectivity index (χ3v) is 8.78. The topological polar surface area (TPSA) is 88.2 Å². The molecule has 8 nitrogen and oxygen atoms in total. The van der Waals surface area contributed by atoms with Gasteiger partial charge >= 0.3 is 0 Å². The van der Waals surface area contributed by atoms with Crippen LogP contribution in [0.4, 0.5) is 5.69 Å². The first-order valence-corrected chi connectivity index (χ1v) is 14.3. The number of nitrogens with zero attached hydrogens (tertiary/aromatic N) is 2. The zero-order valence-electron chi connectivity index (χ0n) is 21.7. The molecule has 2 aliphatic rings. The highest BCUT2D eigenvalue weighted by Crippen LogP contribution is 2.38. The van der Waals surface area contributed by atoms with Gasteiger partial charge in [-0.1, -0.05) is 30.3 Å². The molecule has 5 rings (SSSR count). The second-order valence-electron chi connectivity index (χ2n) is 9.81. The van der Waals surface area contributed by atoms with Crippen LogP contribution in [-0.2, 0) is 27.9 Å². The van der Waals surface area contributed by atoms with Crippen molar-refractivity contribution in [1.82, 2.24) is 10.2 Å². The molecule has 1 atom stereocenters. The minimum atomic E-state index is -3.95. The quantitative estimate of drug-likeness (QED) is 0.471. The summed E-state index contributed by atoms with van der Waals surface area (Å²) in [6.07, 6.45) is 1.49. The fraction of sp³-hybridized carbons (Fsp3) is 0.345. The van der Waals surface area contributed by atoms with Crippen LogP contribution in [0.2, 0.25) is 0 Å². The summed E-state index contributed by atoms with van der Waals surface area (Å²) in [5.74, 6) is 0.548. The van der Waals surface area contributed by atoms with Crippen molar-refractivity contribution < 1.29 is 22.7 Å². The molecule has 0 saturated carbocycles. The van der Waals surface area contributed by atoms with E-state index in [-0.39, 0.29) is 17.3 Å². The van der Waals surface area contributed by atoms with Gasteiger partial charge in [-0.25, -0.2) is 8.42 Å². The Kier molecular flexibility index (Phi) is 7.58. The maximum absolute atomic E-state index is 13.7. The molecule has 1 fully saturated rings. The summed E-state index contributed by atoms with van der Waals surface area (Å²) in [5, 5.41) is 2.94. The van der Waals surface area contributed by atoms with Gasteiger partial charge in [-0.2, -0.15) is 0 Å². The molecular weight excluding hydrogens is 502 g/mol. The van der Waals surface area contributed by atoms with Crippen LogP contribution in [-0.4, -0.2) is 52.1 Å². The zero-order valence-corrected chi connectivity index (χ0v) is 22.5. The Balaban J connectivity index is 1.33. The van der Waals surface area contributed by atoms with E-state index in [0.717, 1.165) is 30.8 Å². The average Bonchev–Trinajstić information content (AvgIpc) is 3.44. The first-order chi connectivity index (χ1) is 18.3. The van der Waals surface area contributed by atoms with E-state index in [2.05, 4.69) is 22.3 Å². The molecule has 0 radical (unpaired) electrons. The van der Waals surface area contributed by atoms with Gasteiger partial charge in [0.25, 0.3) is 15.9 Å². The van der Waals surface area contributed by atoms with Gasteiger partial charge in [-0.3, -0.25) is 14.0 Å². The molecule has 2 aliphatic heterocycles. The number of rotatable bonds is 8. The highest BCUT2D eigenvalue weighted by atomic mass is 32.2. The lowest BCUT2D eigenvalue weighted by molar-refractivity contribution is -0.127. The molecule has 1 N–H and O–H groups in total. The Bertz CT molecular complexity index is 1400. The SMILES string of the molecule is COc1ccc(S(=O)(=O)N2C[C@@H](C(=O)NCc3cccc(CN4CCCC4)c3)Oc3ccc(C)cc32)cc1. The third kappa shape index (κ3) is 5.63. The van der Waals surface area contributed by atoms with E-state index in [0.29, 0.717) is 23.7 Å². The van der Waals surface area contributed by atoms with Crippen molar-refractivity contribution in [3.05, 3.63) is 83.4 Å². The number of hydrogen-bond donors (Lipinski definition) is 1. The summed E-state index contributed by atoms with van der Waals surface area (Å²) in [6, 6.07) is 19.7. The lowest BCUT2D eigenvalue weighted by Gasteiger charge is -2.35. The number of carbonyl (C=O) groups excluding carboxylic acids is 1. The van der Waals surface area contributed by atoms with Crippen LogP contribution >= 0.6 is 0 Å². The highest BCUT2D eigenvalue weighted by molar-refractivity contribution is 7.92. The number of methoxy groups -OCH3 is 1. The van der Waals surface area contributed by atoms with E-state index in [1.165, 1.54) is 42.0 Å². The maximum Gasteiger partial charge on any atom is 0.264 e. The van der Waals surface area contributed by atoms with E-state index < -0.39 is 16.1 Å². The number of nitrogens with one attached hydrogen (secondary N) is 1. The fourth-order valence-corrected chi connectivity index (χ4v) is 6.41. The van der Waals surface area contributed by atoms with Crippen molar-refractivity contribution in [2.75, 3.05) is 31.0 Å². The van der Waals surface area contributed by atoms with Crippen LogP contribution in [0.25, 0.3) is 0 Å². The minimum absolute atomic E-state index is 0.113. The van der Waals surface area contributed by atoms with Crippen LogP contribution in [0, 0.1) is 6.92 Å². The summed E-state index contributed by atoms with van der Waals surface area (Å²) < 4.78 is 39.8. The van der Waals surface area contributed by atoms with Crippen molar-refractivity contribution in [3.8, 4) is 11.5 Å². The average molecular weight is 536 g/mol. The van der Waals surface area contributed by atoms with E-state index >= 15 is 0 Å². The number of ether oxygens (including phenoxy) is 2. The number of likely N-dealkylation sites (tertiary alicyclic amines) is 1. The standard InChI is InChI=1S/C29H33N3O5S/c1-21-8-13-27-26(16-21)32(38(34,35)25-11-9-24(36-2)10-12-25)20-28(37-27)29(33)30-18-22-6-5-7-23(17-22)19-31-14-3-4-15-31/h5-13,16-17,28H,3-4,14-15,18-20H2,1-2H3,(H,30,33)/t28-/m0/s1. The predicted molar refractivity (Wildman–Crippen MR) is 146 cm³/mol. The Morgan fingerprint density at radius 1 is 1.03 bits per heavy atom. The van der Waals surface area contributed by atoms with Gasteiger partial charge in [0.15, 0.2) is 6.10 Å². The van der Waals surface area contributed by atoms with Crippen molar-refractivity contribution >= 4 is 21.6 Å². The van der Waals surface area contributed by atoms with Crippen LogP contribution in [0.1, 0.15) is 29.5 Å². The van der Waals surface area contributed by atoms with Crippen LogP contribution in [0.15, 0.2) is 71.6 Å². The summed E-state index contributed by atoms with van der Waals surface area (Å²) in [7, 11) is -2.43. The Morgan fingerprint density at radius 2 is 1.76 bits per heavy atom. The van der Waals surface area contributed by atoms with Crippen LogP contribution in [0.5, 0.6) is 11.5 Å². The molecule has 3 aromatic rings. The van der Waals surface area contributed by atoms with Gasteiger partial charge in [-0.05, 0) is 85.9 Å². The molecular formula is C29H33N3O5S. The number of anilines is 1. The second kappa shape index (κ2) is 11.0. The molecule has 9 heteroatoms. The molecule has 1 amide bonds. The molecule has 38 heavy (non-hydrogen) atoms. The maximum atomic E-state index is 13.7. The molecule has 2 heterocycles. The number of aryl methyl sites for hydroxylation is 1. The normalized spacial score (nSPS) is 17.5. The number of carbonyl (C=O) groups is 1. The first kappa shape index (κ1) is 26.1. The molecule has 0 spiro atoms. The summed E-state index contributed by atoms with van der Waals surface area (Å²) in [5.41, 5.74) is 3.51. The van der Waals surface area contributed by atoms with E-state index in [4.69, 9.17) is 9.47 Å². The molecule has 0 unspecified atom stereocenters. The lowest BCUT2D eigenvalue weighted by Crippen LogP contribution is -2.50. The Labute approximate surface area is 224 Å². The van der Waals surface area contributed by atoms with Gasteiger partial charge in [0.1, 0.15) is 11.5 Å². The van der Waals surface area contributed by atoms with Crippen molar-refractivity contribution in [2.45, 2.75) is 43.9 Å². The van der Waals surface area contributed by atoms with Gasteiger partial charge in [0.2, 0.25) is 0 Å². The van der Waals surface area contributed by atoms with Crippen molar-refractivity contribution in [2.24, 2.45) is 0 Å². The van der Waals surface area contributed by atoms with Gasteiger partial charge in [0.05, 0.1) is 24.2 Å². The highest BCUT2D eigenvalue weighted by Gasteiger charge is 2.37. The number of sulfonamides is 1. The largest absolute Gasteiger partial charge is 0.497 e. The molecule has 1 saturated heterocycles. The number of benzene rings is 3. The van der Waals surface area contributed by atoms with E-state index in [9.17, 15) is 13.2 Å². The smallest absolute Gasteiger partial charge is 0.264 e. The zero-order chi connectivity index (χ0) is 26.7. The van der Waals surface area contributed by atoms with Gasteiger partial charge in [0, 0.05) is 13.1 Å². The molecule has 0 aromatic heterocycles. The summed E-state index contributed by atoms with van der Waals surface area (Å²) >= 11 is 0. The summed E-state index contributed by atoms with van der Waals surface area (Å²) in [6.45, 7) is 5.23. The fourth-order valence-electron chi connectivity index (χ4n) is 4.94. The van der Waals surface area contributed by atoms with Gasteiger partial charge in [-0.15, -0.1) is 0 Å². The van der Waals surface area contributed by atoms with Crippen molar-refractivity contribution in [1.29, 1.82) is 0 Å². The monoisotopic (exact) mass is 535 g/mol. The molecule has 3 aromatic carbocycles. The third-order valence-electron chi connectivity index (χ3n) is 6.99. The predicted octanol–water partition coefficient (Wildman–Crippen LogP) is 3.87. The molecule has 200 valence electrons. The number of hydrogen-bond acceptors (Lipinski definition) is 6. The second-order valence-corrected chi connectivity index (χ2v) is 11.7. The van der Waals surface area contributed by atoms with Crippen LogP contribution in [0.3, 0.4) is 0 Å². The minimum Gasteiger partial charge on any atom is -0.497 e. The van der Waals surface area contributed by atoms with Crippen LogP contribution < -0.4 is 19.1 Å². The summed E-state index contributed by atoms with van der Waals surface area (Å²) in [4.78, 5) is 15.8. The van der Waals surface area contributed by atoms with Gasteiger partial charge < -0.3 is 14.8 Å².